The van der Waals surface area contributed by atoms with Crippen molar-refractivity contribution in [3.63, 3.8) is 0 Å². The molecule has 0 spiro atoms. The van der Waals surface area contributed by atoms with E-state index in [0.717, 1.165) is 44.3 Å². The third-order valence-electron chi connectivity index (χ3n) is 4.39. The van der Waals surface area contributed by atoms with Gasteiger partial charge in [-0.2, -0.15) is 0 Å². The number of rotatable bonds is 6. The molecule has 0 unspecified atom stereocenters. The summed E-state index contributed by atoms with van der Waals surface area (Å²) in [5.41, 5.74) is 0.461. The highest BCUT2D eigenvalue weighted by atomic mass is 16.6. The SMILES string of the molecule is CC(C)(C)OC(=O)N1CCC(CCCOC(=O)C=Cc2ccncc2)CC1. The molecule has 0 bridgehead atoms. The van der Waals surface area contributed by atoms with Gasteiger partial charge in [0.05, 0.1) is 6.61 Å². The second-order valence-electron chi connectivity index (χ2n) is 7.83. The smallest absolute Gasteiger partial charge is 0.410 e. The molecule has 0 saturated carbocycles. The molecule has 2 rings (SSSR count). The molecule has 0 aromatic carbocycles. The number of amides is 1. The standard InChI is InChI=1S/C21H30N2O4/c1-21(2,3)27-20(25)23-14-10-17(11-15-23)5-4-16-26-19(24)7-6-18-8-12-22-13-9-18/h6-9,12-13,17H,4-5,10-11,14-16H2,1-3H3. The maximum atomic E-state index is 12.1. The predicted molar refractivity (Wildman–Crippen MR) is 104 cm³/mol. The van der Waals surface area contributed by atoms with Gasteiger partial charge in [-0.3, -0.25) is 4.98 Å². The minimum Gasteiger partial charge on any atom is -0.463 e. The summed E-state index contributed by atoms with van der Waals surface area (Å²) < 4.78 is 10.7. The molecule has 0 radical (unpaired) electrons. The number of pyridine rings is 1. The Hall–Kier alpha value is -2.37. The van der Waals surface area contributed by atoms with Crippen LogP contribution in [0.1, 0.15) is 52.0 Å². The second-order valence-corrected chi connectivity index (χ2v) is 7.83. The van der Waals surface area contributed by atoms with Gasteiger partial charge in [0.1, 0.15) is 5.60 Å². The van der Waals surface area contributed by atoms with Crippen LogP contribution in [0.3, 0.4) is 0 Å². The minimum atomic E-state index is -0.455. The minimum absolute atomic E-state index is 0.226. The fraction of sp³-hybridized carbons (Fsp3) is 0.571. The Bertz CT molecular complexity index is 629. The Kier molecular flexibility index (Phi) is 7.82. The lowest BCUT2D eigenvalue weighted by atomic mass is 9.92. The molecule has 0 N–H and O–H groups in total. The summed E-state index contributed by atoms with van der Waals surface area (Å²) in [6.07, 6.45) is 10.1. The van der Waals surface area contributed by atoms with Crippen LogP contribution in [0, 0.1) is 5.92 Å². The number of aromatic nitrogens is 1. The zero-order valence-corrected chi connectivity index (χ0v) is 16.5. The van der Waals surface area contributed by atoms with E-state index in [2.05, 4.69) is 4.98 Å². The zero-order chi connectivity index (χ0) is 19.7. The van der Waals surface area contributed by atoms with Crippen molar-refractivity contribution in [2.75, 3.05) is 19.7 Å². The summed E-state index contributed by atoms with van der Waals surface area (Å²) >= 11 is 0. The van der Waals surface area contributed by atoms with Gasteiger partial charge in [0, 0.05) is 31.6 Å². The van der Waals surface area contributed by atoms with Gasteiger partial charge < -0.3 is 14.4 Å². The monoisotopic (exact) mass is 374 g/mol. The number of carbonyl (C=O) groups is 2. The molecule has 1 amide bonds. The van der Waals surface area contributed by atoms with Crippen molar-refractivity contribution in [3.8, 4) is 0 Å². The van der Waals surface area contributed by atoms with Gasteiger partial charge in [-0.1, -0.05) is 0 Å². The summed E-state index contributed by atoms with van der Waals surface area (Å²) in [5.74, 6) is 0.237. The van der Waals surface area contributed by atoms with Crippen LogP contribution in [0.2, 0.25) is 0 Å². The Morgan fingerprint density at radius 3 is 2.52 bits per heavy atom. The number of ether oxygens (including phenoxy) is 2. The topological polar surface area (TPSA) is 68.7 Å². The maximum Gasteiger partial charge on any atom is 0.410 e. The fourth-order valence-corrected chi connectivity index (χ4v) is 2.96. The highest BCUT2D eigenvalue weighted by Gasteiger charge is 2.26. The Morgan fingerprint density at radius 1 is 1.22 bits per heavy atom. The van der Waals surface area contributed by atoms with Crippen LogP contribution < -0.4 is 0 Å². The van der Waals surface area contributed by atoms with E-state index in [4.69, 9.17) is 9.47 Å². The number of likely N-dealkylation sites (tertiary alicyclic amines) is 1. The summed E-state index contributed by atoms with van der Waals surface area (Å²) in [7, 11) is 0. The molecule has 148 valence electrons. The highest BCUT2D eigenvalue weighted by Crippen LogP contribution is 2.23. The molecule has 27 heavy (non-hydrogen) atoms. The molecule has 0 atom stereocenters. The Labute approximate surface area is 161 Å². The molecule has 1 fully saturated rings. The summed E-state index contributed by atoms with van der Waals surface area (Å²) in [5, 5.41) is 0. The largest absolute Gasteiger partial charge is 0.463 e. The predicted octanol–water partition coefficient (Wildman–Crippen LogP) is 4.07. The normalized spacial score (nSPS) is 15.7. The van der Waals surface area contributed by atoms with E-state index in [9.17, 15) is 9.59 Å². The summed E-state index contributed by atoms with van der Waals surface area (Å²) in [4.78, 5) is 29.5. The van der Waals surface area contributed by atoms with E-state index in [-0.39, 0.29) is 12.1 Å². The molecule has 6 heteroatoms. The Balaban J connectivity index is 1.58. The van der Waals surface area contributed by atoms with Crippen molar-refractivity contribution in [1.82, 2.24) is 9.88 Å². The van der Waals surface area contributed by atoms with E-state index >= 15 is 0 Å². The van der Waals surface area contributed by atoms with E-state index in [0.29, 0.717) is 12.5 Å². The van der Waals surface area contributed by atoms with Crippen molar-refractivity contribution < 1.29 is 19.1 Å². The molecule has 1 aromatic heterocycles. The van der Waals surface area contributed by atoms with Crippen LogP contribution in [0.4, 0.5) is 4.79 Å². The van der Waals surface area contributed by atoms with Gasteiger partial charge in [0.25, 0.3) is 0 Å². The third-order valence-corrected chi connectivity index (χ3v) is 4.39. The van der Waals surface area contributed by atoms with E-state index in [1.807, 2.05) is 32.9 Å². The number of carbonyl (C=O) groups excluding carboxylic acids is 2. The number of esters is 1. The number of piperidine rings is 1. The van der Waals surface area contributed by atoms with E-state index < -0.39 is 5.60 Å². The first-order valence-corrected chi connectivity index (χ1v) is 9.56. The van der Waals surface area contributed by atoms with Crippen LogP contribution in [-0.2, 0) is 14.3 Å². The number of nitrogens with zero attached hydrogens (tertiary/aromatic N) is 2. The first kappa shape index (κ1) is 20.9. The summed E-state index contributed by atoms with van der Waals surface area (Å²) in [6.45, 7) is 7.52. The van der Waals surface area contributed by atoms with Gasteiger partial charge in [0.2, 0.25) is 0 Å². The average molecular weight is 374 g/mol. The lowest BCUT2D eigenvalue weighted by Crippen LogP contribution is -2.41. The summed E-state index contributed by atoms with van der Waals surface area (Å²) in [6, 6.07) is 3.65. The van der Waals surface area contributed by atoms with Crippen molar-refractivity contribution in [1.29, 1.82) is 0 Å². The molecule has 1 aliphatic heterocycles. The number of hydrogen-bond donors (Lipinski definition) is 0. The van der Waals surface area contributed by atoms with Crippen LogP contribution in [0.15, 0.2) is 30.6 Å². The van der Waals surface area contributed by atoms with Gasteiger partial charge in [0.15, 0.2) is 0 Å². The van der Waals surface area contributed by atoms with Crippen LogP contribution in [0.5, 0.6) is 0 Å². The van der Waals surface area contributed by atoms with Gasteiger partial charge in [-0.25, -0.2) is 9.59 Å². The van der Waals surface area contributed by atoms with Gasteiger partial charge in [-0.15, -0.1) is 0 Å². The lowest BCUT2D eigenvalue weighted by molar-refractivity contribution is -0.137. The quantitative estimate of drug-likeness (QED) is 0.427. The second kappa shape index (κ2) is 10.1. The van der Waals surface area contributed by atoms with Crippen molar-refractivity contribution in [3.05, 3.63) is 36.2 Å². The van der Waals surface area contributed by atoms with Crippen LogP contribution in [0.25, 0.3) is 6.08 Å². The molecular formula is C21H30N2O4. The number of hydrogen-bond acceptors (Lipinski definition) is 5. The molecule has 1 aliphatic rings. The Morgan fingerprint density at radius 2 is 1.89 bits per heavy atom. The maximum absolute atomic E-state index is 12.1. The average Bonchev–Trinajstić information content (AvgIpc) is 2.63. The zero-order valence-electron chi connectivity index (χ0n) is 16.5. The molecule has 1 saturated heterocycles. The molecular weight excluding hydrogens is 344 g/mol. The van der Waals surface area contributed by atoms with E-state index in [1.54, 1.807) is 23.4 Å². The van der Waals surface area contributed by atoms with E-state index in [1.165, 1.54) is 6.08 Å². The van der Waals surface area contributed by atoms with Crippen LogP contribution >= 0.6 is 0 Å². The molecule has 1 aromatic rings. The first-order valence-electron chi connectivity index (χ1n) is 9.56. The molecule has 2 heterocycles. The first-order chi connectivity index (χ1) is 12.8. The fourth-order valence-electron chi connectivity index (χ4n) is 2.96. The molecule has 6 nitrogen and oxygen atoms in total. The lowest BCUT2D eigenvalue weighted by Gasteiger charge is -2.33. The third kappa shape index (κ3) is 8.24. The highest BCUT2D eigenvalue weighted by molar-refractivity contribution is 5.86. The van der Waals surface area contributed by atoms with Crippen molar-refractivity contribution in [2.45, 2.75) is 52.1 Å². The van der Waals surface area contributed by atoms with Crippen molar-refractivity contribution >= 4 is 18.1 Å². The van der Waals surface area contributed by atoms with Gasteiger partial charge in [-0.05, 0) is 76.1 Å². The van der Waals surface area contributed by atoms with Crippen molar-refractivity contribution in [2.24, 2.45) is 5.92 Å². The van der Waals surface area contributed by atoms with Gasteiger partial charge >= 0.3 is 12.1 Å². The van der Waals surface area contributed by atoms with Crippen LogP contribution in [-0.4, -0.2) is 47.2 Å². The molecule has 0 aliphatic carbocycles.